The molecule has 0 saturated carbocycles. The van der Waals surface area contributed by atoms with Crippen LogP contribution in [0, 0.1) is 18.3 Å². The molecule has 0 amide bonds. The average molecular weight is 232 g/mol. The standard InChI is InChI=1S/C14H20N2O/c1-4-8-16-12(3)13-10-11(2)5-6-14(13)17-9-7-15/h5-6,10,12,16H,4,8-9H2,1-3H3. The molecule has 1 aromatic rings. The predicted octanol–water partition coefficient (Wildman–Crippen LogP) is 2.96. The molecular weight excluding hydrogens is 212 g/mol. The van der Waals surface area contributed by atoms with E-state index in [9.17, 15) is 0 Å². The van der Waals surface area contributed by atoms with Crippen LogP contribution in [0.4, 0.5) is 0 Å². The quantitative estimate of drug-likeness (QED) is 0.820. The Hall–Kier alpha value is -1.53. The van der Waals surface area contributed by atoms with E-state index in [0.29, 0.717) is 0 Å². The lowest BCUT2D eigenvalue weighted by atomic mass is 10.0. The highest BCUT2D eigenvalue weighted by atomic mass is 16.5. The maximum absolute atomic E-state index is 8.56. The van der Waals surface area contributed by atoms with Gasteiger partial charge in [0.15, 0.2) is 6.61 Å². The van der Waals surface area contributed by atoms with Crippen LogP contribution in [0.2, 0.25) is 0 Å². The lowest BCUT2D eigenvalue weighted by Gasteiger charge is -2.18. The molecule has 0 aliphatic heterocycles. The van der Waals surface area contributed by atoms with E-state index in [1.54, 1.807) is 0 Å². The summed E-state index contributed by atoms with van der Waals surface area (Å²) in [5, 5.41) is 12.0. The molecule has 3 heteroatoms. The zero-order valence-electron chi connectivity index (χ0n) is 10.8. The monoisotopic (exact) mass is 232 g/mol. The van der Waals surface area contributed by atoms with Crippen LogP contribution in [0.3, 0.4) is 0 Å². The molecule has 1 atom stereocenters. The molecule has 3 nitrogen and oxygen atoms in total. The minimum absolute atomic E-state index is 0.0938. The number of nitrogens with one attached hydrogen (secondary N) is 1. The molecular formula is C14H20N2O. The van der Waals surface area contributed by atoms with Crippen LogP contribution in [0.15, 0.2) is 18.2 Å². The first-order chi connectivity index (χ1) is 8.19. The molecule has 0 fully saturated rings. The maximum atomic E-state index is 8.56. The Bertz CT molecular complexity index is 396. The molecule has 1 N–H and O–H groups in total. The van der Waals surface area contributed by atoms with Crippen LogP contribution in [-0.4, -0.2) is 13.2 Å². The zero-order chi connectivity index (χ0) is 12.7. The summed E-state index contributed by atoms with van der Waals surface area (Å²) < 4.78 is 5.44. The van der Waals surface area contributed by atoms with Gasteiger partial charge in [0, 0.05) is 11.6 Å². The largest absolute Gasteiger partial charge is 0.478 e. The van der Waals surface area contributed by atoms with Gasteiger partial charge in [0.25, 0.3) is 0 Å². The Labute approximate surface area is 103 Å². The van der Waals surface area contributed by atoms with Gasteiger partial charge in [-0.1, -0.05) is 24.6 Å². The number of benzene rings is 1. The van der Waals surface area contributed by atoms with Crippen molar-refractivity contribution in [2.45, 2.75) is 33.2 Å². The normalized spacial score (nSPS) is 11.9. The van der Waals surface area contributed by atoms with E-state index in [-0.39, 0.29) is 12.6 Å². The highest BCUT2D eigenvalue weighted by molar-refractivity contribution is 5.39. The van der Waals surface area contributed by atoms with E-state index in [1.165, 1.54) is 5.56 Å². The highest BCUT2D eigenvalue weighted by Gasteiger charge is 2.11. The van der Waals surface area contributed by atoms with Crippen LogP contribution in [0.25, 0.3) is 0 Å². The third kappa shape index (κ3) is 4.08. The summed E-state index contributed by atoms with van der Waals surface area (Å²) in [6, 6.07) is 8.29. The number of nitriles is 1. The number of rotatable bonds is 6. The second-order valence-corrected chi connectivity index (χ2v) is 4.16. The molecule has 0 saturated heterocycles. The lowest BCUT2D eigenvalue weighted by molar-refractivity contribution is 0.358. The predicted molar refractivity (Wildman–Crippen MR) is 69.0 cm³/mol. The fraction of sp³-hybridized carbons (Fsp3) is 0.500. The zero-order valence-corrected chi connectivity index (χ0v) is 10.8. The molecule has 92 valence electrons. The van der Waals surface area contributed by atoms with E-state index in [1.807, 2.05) is 18.2 Å². The molecule has 0 aliphatic carbocycles. The van der Waals surface area contributed by atoms with Crippen LogP contribution in [0.5, 0.6) is 5.75 Å². The Morgan fingerprint density at radius 1 is 1.47 bits per heavy atom. The molecule has 0 spiro atoms. The highest BCUT2D eigenvalue weighted by Crippen LogP contribution is 2.26. The molecule has 0 heterocycles. The summed E-state index contributed by atoms with van der Waals surface area (Å²) in [5.74, 6) is 0.799. The van der Waals surface area contributed by atoms with Gasteiger partial charge in [0.05, 0.1) is 0 Å². The maximum Gasteiger partial charge on any atom is 0.174 e. The van der Waals surface area contributed by atoms with Crippen LogP contribution in [0.1, 0.15) is 37.4 Å². The van der Waals surface area contributed by atoms with Gasteiger partial charge < -0.3 is 10.1 Å². The van der Waals surface area contributed by atoms with Crippen molar-refractivity contribution in [1.29, 1.82) is 5.26 Å². The third-order valence-corrected chi connectivity index (χ3v) is 2.62. The fourth-order valence-corrected chi connectivity index (χ4v) is 1.72. The van der Waals surface area contributed by atoms with Crippen molar-refractivity contribution >= 4 is 0 Å². The van der Waals surface area contributed by atoms with Crippen molar-refractivity contribution in [3.05, 3.63) is 29.3 Å². The average Bonchev–Trinajstić information content (AvgIpc) is 2.34. The molecule has 0 aromatic heterocycles. The second-order valence-electron chi connectivity index (χ2n) is 4.16. The molecule has 1 unspecified atom stereocenters. The summed E-state index contributed by atoms with van der Waals surface area (Å²) >= 11 is 0. The van der Waals surface area contributed by atoms with Crippen LogP contribution < -0.4 is 10.1 Å². The van der Waals surface area contributed by atoms with Crippen molar-refractivity contribution < 1.29 is 4.74 Å². The number of aryl methyl sites for hydroxylation is 1. The second kappa shape index (κ2) is 6.93. The summed E-state index contributed by atoms with van der Waals surface area (Å²) in [6.45, 7) is 7.39. The molecule has 17 heavy (non-hydrogen) atoms. The molecule has 0 aliphatic rings. The molecule has 1 rings (SSSR count). The van der Waals surface area contributed by atoms with Gasteiger partial charge in [0.1, 0.15) is 11.8 Å². The first-order valence-electron chi connectivity index (χ1n) is 6.02. The van der Waals surface area contributed by atoms with Gasteiger partial charge in [-0.2, -0.15) is 5.26 Å². The van der Waals surface area contributed by atoms with Crippen molar-refractivity contribution in [2.24, 2.45) is 0 Å². The number of ether oxygens (including phenoxy) is 1. The summed E-state index contributed by atoms with van der Waals surface area (Å²) in [7, 11) is 0. The van der Waals surface area contributed by atoms with Gasteiger partial charge in [0.2, 0.25) is 0 Å². The minimum atomic E-state index is 0.0938. The van der Waals surface area contributed by atoms with Crippen molar-refractivity contribution in [3.8, 4) is 11.8 Å². The van der Waals surface area contributed by atoms with Crippen molar-refractivity contribution in [2.75, 3.05) is 13.2 Å². The first-order valence-corrected chi connectivity index (χ1v) is 6.02. The summed E-state index contributed by atoms with van der Waals surface area (Å²) in [6.07, 6.45) is 1.10. The van der Waals surface area contributed by atoms with E-state index in [2.05, 4.69) is 32.2 Å². The van der Waals surface area contributed by atoms with E-state index in [4.69, 9.17) is 10.00 Å². The van der Waals surface area contributed by atoms with E-state index in [0.717, 1.165) is 24.3 Å². The molecule has 0 bridgehead atoms. The summed E-state index contributed by atoms with van der Waals surface area (Å²) in [5.41, 5.74) is 2.32. The minimum Gasteiger partial charge on any atom is -0.478 e. The Balaban J connectivity index is 2.86. The SMILES string of the molecule is CCCNC(C)c1cc(C)ccc1OCC#N. The number of nitrogens with zero attached hydrogens (tertiary/aromatic N) is 1. The van der Waals surface area contributed by atoms with Gasteiger partial charge in [-0.05, 0) is 32.9 Å². The van der Waals surface area contributed by atoms with Crippen LogP contribution >= 0.6 is 0 Å². The van der Waals surface area contributed by atoms with Gasteiger partial charge in [-0.25, -0.2) is 0 Å². The van der Waals surface area contributed by atoms with E-state index >= 15 is 0 Å². The fourth-order valence-electron chi connectivity index (χ4n) is 1.72. The Morgan fingerprint density at radius 2 is 2.24 bits per heavy atom. The molecule has 0 radical (unpaired) electrons. The Morgan fingerprint density at radius 3 is 2.88 bits per heavy atom. The topological polar surface area (TPSA) is 45.0 Å². The number of hydrogen-bond donors (Lipinski definition) is 1. The lowest BCUT2D eigenvalue weighted by Crippen LogP contribution is -2.20. The van der Waals surface area contributed by atoms with Gasteiger partial charge in [-0.15, -0.1) is 0 Å². The van der Waals surface area contributed by atoms with Crippen LogP contribution in [-0.2, 0) is 0 Å². The third-order valence-electron chi connectivity index (χ3n) is 2.62. The van der Waals surface area contributed by atoms with Crippen molar-refractivity contribution in [1.82, 2.24) is 5.32 Å². The van der Waals surface area contributed by atoms with Gasteiger partial charge in [-0.3, -0.25) is 0 Å². The van der Waals surface area contributed by atoms with Crippen molar-refractivity contribution in [3.63, 3.8) is 0 Å². The summed E-state index contributed by atoms with van der Waals surface area (Å²) in [4.78, 5) is 0. The Kier molecular flexibility index (Phi) is 5.51. The smallest absolute Gasteiger partial charge is 0.174 e. The first kappa shape index (κ1) is 13.5. The number of hydrogen-bond acceptors (Lipinski definition) is 3. The molecule has 1 aromatic carbocycles. The van der Waals surface area contributed by atoms with Gasteiger partial charge >= 0.3 is 0 Å². The van der Waals surface area contributed by atoms with E-state index < -0.39 is 0 Å².